The zero-order valence-corrected chi connectivity index (χ0v) is 10.0. The van der Waals surface area contributed by atoms with Crippen molar-refractivity contribution >= 4 is 17.7 Å². The number of hydrogen-bond acceptors (Lipinski definition) is 2. The highest BCUT2D eigenvalue weighted by Crippen LogP contribution is 2.20. The lowest BCUT2D eigenvalue weighted by molar-refractivity contribution is 0.200. The Balaban J connectivity index is 2.12. The third-order valence-corrected chi connectivity index (χ3v) is 2.72. The van der Waals surface area contributed by atoms with Crippen molar-refractivity contribution in [1.82, 2.24) is 10.2 Å². The third kappa shape index (κ3) is 2.27. The van der Waals surface area contributed by atoms with E-state index in [1.165, 1.54) is 29.2 Å². The molecule has 0 saturated carbocycles. The fraction of sp³-hybridized carbons (Fsp3) is 0.333. The average Bonchev–Trinajstić information content (AvgIpc) is 2.73. The number of benzene rings is 1. The Kier molecular flexibility index (Phi) is 3.45. The maximum atomic E-state index is 12.8. The Bertz CT molecular complexity index is 461. The van der Waals surface area contributed by atoms with E-state index in [9.17, 15) is 14.0 Å². The van der Waals surface area contributed by atoms with E-state index in [1.807, 2.05) is 0 Å². The van der Waals surface area contributed by atoms with E-state index in [0.717, 1.165) is 4.90 Å². The van der Waals surface area contributed by atoms with E-state index < -0.39 is 6.03 Å². The van der Waals surface area contributed by atoms with Crippen LogP contribution in [0.1, 0.15) is 6.92 Å². The number of halogens is 1. The first-order valence-electron chi connectivity index (χ1n) is 5.76. The molecule has 5 nitrogen and oxygen atoms in total. The van der Waals surface area contributed by atoms with Gasteiger partial charge in [0.05, 0.1) is 6.54 Å². The summed E-state index contributed by atoms with van der Waals surface area (Å²) in [7, 11) is 0. The van der Waals surface area contributed by atoms with Crippen molar-refractivity contribution in [3.8, 4) is 0 Å². The molecule has 1 aromatic rings. The van der Waals surface area contributed by atoms with Gasteiger partial charge in [-0.15, -0.1) is 0 Å². The number of rotatable bonds is 2. The van der Waals surface area contributed by atoms with Gasteiger partial charge in [-0.05, 0) is 31.2 Å². The van der Waals surface area contributed by atoms with Gasteiger partial charge in [0.25, 0.3) is 0 Å². The van der Waals surface area contributed by atoms with Crippen molar-refractivity contribution in [2.45, 2.75) is 6.92 Å². The molecule has 1 saturated heterocycles. The predicted molar refractivity (Wildman–Crippen MR) is 64.9 cm³/mol. The molecule has 0 unspecified atom stereocenters. The molecule has 1 heterocycles. The van der Waals surface area contributed by atoms with Crippen molar-refractivity contribution < 1.29 is 14.0 Å². The maximum absolute atomic E-state index is 12.8. The molecule has 1 aromatic carbocycles. The first kappa shape index (κ1) is 12.3. The highest BCUT2D eigenvalue weighted by atomic mass is 19.1. The summed E-state index contributed by atoms with van der Waals surface area (Å²) in [5.74, 6) is -0.356. The number of amides is 4. The van der Waals surface area contributed by atoms with Gasteiger partial charge in [0.1, 0.15) is 5.82 Å². The van der Waals surface area contributed by atoms with Gasteiger partial charge >= 0.3 is 12.1 Å². The zero-order valence-electron chi connectivity index (χ0n) is 10.0. The molecule has 18 heavy (non-hydrogen) atoms. The number of imide groups is 1. The van der Waals surface area contributed by atoms with Crippen LogP contribution in [0.4, 0.5) is 19.7 Å². The van der Waals surface area contributed by atoms with Crippen LogP contribution in [0.25, 0.3) is 0 Å². The van der Waals surface area contributed by atoms with Crippen molar-refractivity contribution in [2.75, 3.05) is 24.5 Å². The van der Waals surface area contributed by atoms with Crippen LogP contribution in [-0.2, 0) is 0 Å². The van der Waals surface area contributed by atoms with Crippen LogP contribution in [0.3, 0.4) is 0 Å². The second kappa shape index (κ2) is 5.03. The average molecular weight is 251 g/mol. The van der Waals surface area contributed by atoms with E-state index in [0.29, 0.717) is 25.3 Å². The molecule has 0 aliphatic carbocycles. The molecule has 1 aliphatic heterocycles. The smallest absolute Gasteiger partial charge is 0.332 e. The van der Waals surface area contributed by atoms with Gasteiger partial charge in [-0.3, -0.25) is 4.90 Å². The highest BCUT2D eigenvalue weighted by molar-refractivity contribution is 6.04. The van der Waals surface area contributed by atoms with E-state index in [-0.39, 0.29) is 11.8 Å². The molecule has 0 bridgehead atoms. The monoisotopic (exact) mass is 251 g/mol. The van der Waals surface area contributed by atoms with E-state index in [1.54, 1.807) is 6.92 Å². The van der Waals surface area contributed by atoms with Gasteiger partial charge in [0.2, 0.25) is 0 Å². The van der Waals surface area contributed by atoms with Gasteiger partial charge < -0.3 is 5.32 Å². The van der Waals surface area contributed by atoms with Crippen LogP contribution < -0.4 is 10.2 Å². The minimum atomic E-state index is -0.396. The van der Waals surface area contributed by atoms with Crippen LogP contribution in [0, 0.1) is 5.82 Å². The Morgan fingerprint density at radius 2 is 2.00 bits per heavy atom. The molecule has 0 spiro atoms. The third-order valence-electron chi connectivity index (χ3n) is 2.72. The summed E-state index contributed by atoms with van der Waals surface area (Å²) in [6.07, 6.45) is 0. The van der Waals surface area contributed by atoms with Crippen molar-refractivity contribution in [3.05, 3.63) is 30.1 Å². The Morgan fingerprint density at radius 3 is 2.61 bits per heavy atom. The second-order valence-corrected chi connectivity index (χ2v) is 3.90. The Hall–Kier alpha value is -2.11. The van der Waals surface area contributed by atoms with Gasteiger partial charge in [-0.1, -0.05) is 0 Å². The van der Waals surface area contributed by atoms with E-state index in [2.05, 4.69) is 5.32 Å². The topological polar surface area (TPSA) is 52.7 Å². The fourth-order valence-electron chi connectivity index (χ4n) is 1.83. The molecule has 1 N–H and O–H groups in total. The summed E-state index contributed by atoms with van der Waals surface area (Å²) in [4.78, 5) is 26.2. The fourth-order valence-corrected chi connectivity index (χ4v) is 1.83. The molecule has 2 rings (SSSR count). The van der Waals surface area contributed by atoms with Crippen LogP contribution >= 0.6 is 0 Å². The number of carbonyl (C=O) groups excluding carboxylic acids is 2. The van der Waals surface area contributed by atoms with Gasteiger partial charge in [-0.2, -0.15) is 0 Å². The quantitative estimate of drug-likeness (QED) is 0.871. The molecular weight excluding hydrogens is 237 g/mol. The molecule has 1 aliphatic rings. The first-order valence-corrected chi connectivity index (χ1v) is 5.76. The van der Waals surface area contributed by atoms with Crippen LogP contribution in [-0.4, -0.2) is 36.6 Å². The van der Waals surface area contributed by atoms with Crippen molar-refractivity contribution in [2.24, 2.45) is 0 Å². The van der Waals surface area contributed by atoms with E-state index >= 15 is 0 Å². The maximum Gasteiger partial charge on any atom is 0.332 e. The first-order chi connectivity index (χ1) is 8.63. The van der Waals surface area contributed by atoms with E-state index in [4.69, 9.17) is 0 Å². The van der Waals surface area contributed by atoms with Crippen molar-refractivity contribution in [1.29, 1.82) is 0 Å². The lowest BCUT2D eigenvalue weighted by Crippen LogP contribution is -2.42. The number of nitrogens with one attached hydrogen (secondary N) is 1. The Morgan fingerprint density at radius 1 is 1.33 bits per heavy atom. The summed E-state index contributed by atoms with van der Waals surface area (Å²) in [6.45, 7) is 3.01. The number of nitrogens with zero attached hydrogens (tertiary/aromatic N) is 2. The largest absolute Gasteiger partial charge is 0.338 e. The van der Waals surface area contributed by atoms with Crippen LogP contribution in [0.5, 0.6) is 0 Å². The lowest BCUT2D eigenvalue weighted by Gasteiger charge is -2.17. The number of hydrogen-bond donors (Lipinski definition) is 1. The summed E-state index contributed by atoms with van der Waals surface area (Å²) in [5.41, 5.74) is 0.591. The zero-order chi connectivity index (χ0) is 13.1. The Labute approximate surface area is 104 Å². The van der Waals surface area contributed by atoms with Crippen LogP contribution in [0.15, 0.2) is 24.3 Å². The molecule has 6 heteroatoms. The number of carbonyl (C=O) groups is 2. The van der Waals surface area contributed by atoms with Crippen LogP contribution in [0.2, 0.25) is 0 Å². The standard InChI is InChI=1S/C12H14FN3O2/c1-2-14-11(17)16-8-7-15(12(16)18)10-5-3-9(13)4-6-10/h3-6H,2,7-8H2,1H3,(H,14,17). The van der Waals surface area contributed by atoms with Gasteiger partial charge in [-0.25, -0.2) is 18.9 Å². The highest BCUT2D eigenvalue weighted by Gasteiger charge is 2.33. The molecule has 0 aromatic heterocycles. The minimum absolute atomic E-state index is 0.335. The lowest BCUT2D eigenvalue weighted by atomic mass is 10.3. The molecule has 96 valence electrons. The molecular formula is C12H14FN3O2. The summed E-state index contributed by atoms with van der Waals surface area (Å²) in [5, 5.41) is 2.58. The molecule has 1 fully saturated rings. The number of urea groups is 2. The second-order valence-electron chi connectivity index (χ2n) is 3.90. The van der Waals surface area contributed by atoms with Crippen molar-refractivity contribution in [3.63, 3.8) is 0 Å². The normalized spacial score (nSPS) is 15.1. The SMILES string of the molecule is CCNC(=O)N1CCN(c2ccc(F)cc2)C1=O. The summed E-state index contributed by atoms with van der Waals surface area (Å²) < 4.78 is 12.8. The molecule has 0 radical (unpaired) electrons. The van der Waals surface area contributed by atoms with Gasteiger partial charge in [0.15, 0.2) is 0 Å². The molecule has 4 amide bonds. The predicted octanol–water partition coefficient (Wildman–Crippen LogP) is 1.80. The molecule has 0 atom stereocenters. The minimum Gasteiger partial charge on any atom is -0.338 e. The summed E-state index contributed by atoms with van der Waals surface area (Å²) in [6, 6.07) is 4.84. The number of anilines is 1. The summed E-state index contributed by atoms with van der Waals surface area (Å²) >= 11 is 0. The van der Waals surface area contributed by atoms with Gasteiger partial charge in [0, 0.05) is 18.8 Å².